The van der Waals surface area contributed by atoms with E-state index in [4.69, 9.17) is 0 Å². The first-order valence-electron chi connectivity index (χ1n) is 13.6. The van der Waals surface area contributed by atoms with E-state index >= 15 is 0 Å². The van der Waals surface area contributed by atoms with E-state index in [9.17, 15) is 28.4 Å². The van der Waals surface area contributed by atoms with Crippen LogP contribution in [-0.4, -0.2) is 59.6 Å². The largest absolute Gasteiger partial charge is 0.356 e. The molecule has 4 rings (SSSR count). The first-order chi connectivity index (χ1) is 19.6. The van der Waals surface area contributed by atoms with Crippen LogP contribution in [0.15, 0.2) is 54.6 Å². The van der Waals surface area contributed by atoms with Crippen LogP contribution in [0.25, 0.3) is 10.9 Å². The molecule has 0 spiro atoms. The maximum atomic E-state index is 13.5. The molecule has 4 amide bonds. The van der Waals surface area contributed by atoms with Gasteiger partial charge in [-0.3, -0.25) is 19.2 Å². The number of carbonyl (C=O) groups is 5. The van der Waals surface area contributed by atoms with Crippen molar-refractivity contribution in [1.82, 2.24) is 26.3 Å². The topological polar surface area (TPSA) is 149 Å². The maximum Gasteiger partial charge on any atom is 0.268 e. The Hall–Kier alpha value is -4.54. The zero-order valence-corrected chi connectivity index (χ0v) is 22.9. The Morgan fingerprint density at radius 1 is 1.02 bits per heavy atom. The molecule has 0 bridgehead atoms. The van der Waals surface area contributed by atoms with Gasteiger partial charge in [-0.2, -0.15) is 0 Å². The molecule has 1 saturated heterocycles. The van der Waals surface area contributed by atoms with Crippen molar-refractivity contribution in [1.29, 1.82) is 0 Å². The first kappa shape index (κ1) is 29.4. The molecule has 0 aliphatic carbocycles. The number of aromatic amines is 1. The smallest absolute Gasteiger partial charge is 0.268 e. The third-order valence-corrected chi connectivity index (χ3v) is 7.19. The molecule has 2 aromatic carbocycles. The van der Waals surface area contributed by atoms with Crippen LogP contribution in [0.1, 0.15) is 42.7 Å². The van der Waals surface area contributed by atoms with Gasteiger partial charge in [-0.1, -0.05) is 44.2 Å². The number of hydrogen-bond acceptors (Lipinski definition) is 5. The summed E-state index contributed by atoms with van der Waals surface area (Å²) < 4.78 is 13.5. The van der Waals surface area contributed by atoms with Crippen molar-refractivity contribution in [3.8, 4) is 0 Å². The number of aldehydes is 1. The van der Waals surface area contributed by atoms with Gasteiger partial charge in [-0.05, 0) is 48.6 Å². The molecule has 1 aromatic heterocycles. The summed E-state index contributed by atoms with van der Waals surface area (Å²) in [5.74, 6) is -3.07. The molecule has 0 radical (unpaired) electrons. The van der Waals surface area contributed by atoms with E-state index in [1.807, 2.05) is 24.3 Å². The van der Waals surface area contributed by atoms with Gasteiger partial charge < -0.3 is 31.0 Å². The van der Waals surface area contributed by atoms with Crippen molar-refractivity contribution < 1.29 is 28.4 Å². The van der Waals surface area contributed by atoms with Crippen molar-refractivity contribution in [2.45, 2.75) is 51.2 Å². The molecule has 0 saturated carbocycles. The van der Waals surface area contributed by atoms with Gasteiger partial charge in [0.1, 0.15) is 29.9 Å². The highest BCUT2D eigenvalue weighted by atomic mass is 19.1. The first-order valence-corrected chi connectivity index (χ1v) is 13.6. The molecule has 5 N–H and O–H groups in total. The normalized spacial score (nSPS) is 17.0. The van der Waals surface area contributed by atoms with E-state index in [1.165, 1.54) is 24.3 Å². The summed E-state index contributed by atoms with van der Waals surface area (Å²) in [5, 5.41) is 11.6. The van der Waals surface area contributed by atoms with Crippen LogP contribution in [0.3, 0.4) is 0 Å². The average molecular weight is 564 g/mol. The molecule has 1 fully saturated rings. The molecule has 11 heteroatoms. The van der Waals surface area contributed by atoms with Crippen LogP contribution < -0.4 is 21.3 Å². The Balaban J connectivity index is 1.49. The standard InChI is InChI=1S/C30H34FN5O5/c1-17(2)26(36-29(40)25-15-19-5-3-4-6-23(19)34-25)30(41)35-24(13-18-7-9-21(31)10-8-18)28(39)33-22(16-37)14-20-11-12-32-27(20)38/h3-10,15-17,20,22,24,26,34H,11-14H2,1-2H3,(H,32,38)(H,33,39)(H,35,41)(H,36,40)/t20-,22-,24-,26?/m0/s1. The van der Waals surface area contributed by atoms with Crippen molar-refractivity contribution in [2.75, 3.05) is 6.54 Å². The lowest BCUT2D eigenvalue weighted by atomic mass is 9.98. The molecule has 10 nitrogen and oxygen atoms in total. The van der Waals surface area contributed by atoms with Crippen LogP contribution in [-0.2, 0) is 25.6 Å². The van der Waals surface area contributed by atoms with Gasteiger partial charge in [0.15, 0.2) is 0 Å². The maximum absolute atomic E-state index is 13.5. The van der Waals surface area contributed by atoms with Gasteiger partial charge in [-0.15, -0.1) is 0 Å². The highest BCUT2D eigenvalue weighted by molar-refractivity contribution is 6.00. The molecular formula is C30H34FN5O5. The number of fused-ring (bicyclic) bond motifs is 1. The fourth-order valence-corrected chi connectivity index (χ4v) is 4.88. The highest BCUT2D eigenvalue weighted by Crippen LogP contribution is 2.17. The van der Waals surface area contributed by atoms with Crippen LogP contribution in [0, 0.1) is 17.7 Å². The van der Waals surface area contributed by atoms with Crippen molar-refractivity contribution >= 4 is 40.8 Å². The SMILES string of the molecule is CC(C)C(NC(=O)c1cc2ccccc2[nH]1)C(=O)N[C@@H](Cc1ccc(F)cc1)C(=O)N[C@H](C=O)C[C@@H]1CCNC1=O. The Kier molecular flexibility index (Phi) is 9.49. The summed E-state index contributed by atoms with van der Waals surface area (Å²) >= 11 is 0. The van der Waals surface area contributed by atoms with E-state index < -0.39 is 47.6 Å². The lowest BCUT2D eigenvalue weighted by Crippen LogP contribution is -2.57. The van der Waals surface area contributed by atoms with Crippen LogP contribution in [0.4, 0.5) is 4.39 Å². The third kappa shape index (κ3) is 7.56. The molecule has 2 heterocycles. The lowest BCUT2D eigenvalue weighted by Gasteiger charge is -2.26. The second kappa shape index (κ2) is 13.2. The predicted octanol–water partition coefficient (Wildman–Crippen LogP) is 2.00. The number of para-hydroxylation sites is 1. The Morgan fingerprint density at radius 3 is 2.39 bits per heavy atom. The molecule has 3 aromatic rings. The molecule has 1 aliphatic heterocycles. The second-order valence-corrected chi connectivity index (χ2v) is 10.6. The molecule has 216 valence electrons. The minimum absolute atomic E-state index is 0.00806. The van der Waals surface area contributed by atoms with Crippen molar-refractivity contribution in [2.24, 2.45) is 11.8 Å². The van der Waals surface area contributed by atoms with Gasteiger partial charge in [-0.25, -0.2) is 4.39 Å². The molecular weight excluding hydrogens is 529 g/mol. The summed E-state index contributed by atoms with van der Waals surface area (Å²) in [6.45, 7) is 4.03. The van der Waals surface area contributed by atoms with E-state index in [0.717, 1.165) is 10.9 Å². The summed E-state index contributed by atoms with van der Waals surface area (Å²) in [4.78, 5) is 66.6. The van der Waals surface area contributed by atoms with Crippen molar-refractivity contribution in [3.63, 3.8) is 0 Å². The number of rotatable bonds is 12. The number of halogens is 1. The number of nitrogens with one attached hydrogen (secondary N) is 5. The summed E-state index contributed by atoms with van der Waals surface area (Å²) in [7, 11) is 0. The summed E-state index contributed by atoms with van der Waals surface area (Å²) in [5.41, 5.74) is 1.64. The number of carbonyl (C=O) groups excluding carboxylic acids is 5. The Bertz CT molecular complexity index is 1390. The van der Waals surface area contributed by atoms with Gasteiger partial charge >= 0.3 is 0 Å². The van der Waals surface area contributed by atoms with Gasteiger partial charge in [0.05, 0.1) is 6.04 Å². The summed E-state index contributed by atoms with van der Waals surface area (Å²) in [6.07, 6.45) is 1.26. The number of hydrogen-bond donors (Lipinski definition) is 5. The van der Waals surface area contributed by atoms with Crippen molar-refractivity contribution in [3.05, 3.63) is 71.7 Å². The van der Waals surface area contributed by atoms with Crippen LogP contribution in [0.2, 0.25) is 0 Å². The second-order valence-electron chi connectivity index (χ2n) is 10.6. The van der Waals surface area contributed by atoms with Gasteiger partial charge in [0.25, 0.3) is 5.91 Å². The average Bonchev–Trinajstić information content (AvgIpc) is 3.57. The molecule has 1 aliphatic rings. The quantitative estimate of drug-likeness (QED) is 0.214. The monoisotopic (exact) mass is 563 g/mol. The molecule has 41 heavy (non-hydrogen) atoms. The van der Waals surface area contributed by atoms with Crippen LogP contribution in [0.5, 0.6) is 0 Å². The number of H-pyrrole nitrogens is 1. The summed E-state index contributed by atoms with van der Waals surface area (Å²) in [6, 6.07) is 11.5. The highest BCUT2D eigenvalue weighted by Gasteiger charge is 2.32. The molecule has 4 atom stereocenters. The van der Waals surface area contributed by atoms with E-state index in [2.05, 4.69) is 26.3 Å². The van der Waals surface area contributed by atoms with E-state index in [1.54, 1.807) is 19.9 Å². The van der Waals surface area contributed by atoms with Gasteiger partial charge in [0.2, 0.25) is 17.7 Å². The zero-order valence-electron chi connectivity index (χ0n) is 22.9. The molecule has 1 unspecified atom stereocenters. The Morgan fingerprint density at radius 2 is 1.76 bits per heavy atom. The third-order valence-electron chi connectivity index (χ3n) is 7.19. The minimum atomic E-state index is -1.14. The number of amides is 4. The predicted molar refractivity (Wildman–Crippen MR) is 150 cm³/mol. The van der Waals surface area contributed by atoms with E-state index in [-0.39, 0.29) is 30.4 Å². The fourth-order valence-electron chi connectivity index (χ4n) is 4.88. The lowest BCUT2D eigenvalue weighted by molar-refractivity contribution is -0.131. The van der Waals surface area contributed by atoms with E-state index in [0.29, 0.717) is 24.8 Å². The van der Waals surface area contributed by atoms with Gasteiger partial charge in [0, 0.05) is 29.8 Å². The fraction of sp³-hybridized carbons (Fsp3) is 0.367. The number of aromatic nitrogens is 1. The van der Waals surface area contributed by atoms with Crippen LogP contribution >= 0.6 is 0 Å². The number of benzene rings is 2. The minimum Gasteiger partial charge on any atom is -0.356 e. The zero-order chi connectivity index (χ0) is 29.5. The Labute approximate surface area is 236 Å².